The monoisotopic (exact) mass is 397 g/mol. The maximum absolute atomic E-state index is 12.6. The van der Waals surface area contributed by atoms with Crippen LogP contribution in [0.4, 0.5) is 0 Å². The minimum atomic E-state index is -0.359. The van der Waals surface area contributed by atoms with Crippen LogP contribution in [-0.2, 0) is 14.3 Å². The van der Waals surface area contributed by atoms with Crippen LogP contribution in [0.1, 0.15) is 31.7 Å². The number of hydrogen-bond donors (Lipinski definition) is 2. The van der Waals surface area contributed by atoms with E-state index in [4.69, 9.17) is 4.74 Å². The summed E-state index contributed by atoms with van der Waals surface area (Å²) < 4.78 is 6.06. The Labute approximate surface area is 170 Å². The Hall–Kier alpha value is -2.44. The fourth-order valence-electron chi connectivity index (χ4n) is 5.06. The maximum Gasteiger partial charge on any atom is 0.233 e. The maximum atomic E-state index is 12.6. The van der Waals surface area contributed by atoms with Crippen LogP contribution in [0.15, 0.2) is 41.0 Å². The number of amides is 2. The highest BCUT2D eigenvalue weighted by Gasteiger charge is 2.55. The van der Waals surface area contributed by atoms with Crippen molar-refractivity contribution < 1.29 is 24.5 Å². The number of benzene rings is 1. The van der Waals surface area contributed by atoms with E-state index in [-0.39, 0.29) is 48.0 Å². The summed E-state index contributed by atoms with van der Waals surface area (Å²) in [6.07, 6.45) is 3.99. The number of allylic oxidation sites excluding steroid dienone is 1. The molecule has 6 nitrogen and oxygen atoms in total. The van der Waals surface area contributed by atoms with Crippen molar-refractivity contribution >= 4 is 17.9 Å². The number of carbonyl (C=O) groups is 2. The average molecular weight is 397 g/mol. The van der Waals surface area contributed by atoms with Crippen molar-refractivity contribution in [1.29, 1.82) is 0 Å². The number of fused-ring (bicyclic) bond motifs is 3. The lowest BCUT2D eigenvalue weighted by atomic mass is 9.69. The number of aliphatic hydroxyl groups is 1. The second kappa shape index (κ2) is 7.76. The molecule has 6 heteroatoms. The molecule has 2 heterocycles. The molecule has 0 spiro atoms. The topological polar surface area (TPSA) is 87.1 Å². The van der Waals surface area contributed by atoms with Crippen LogP contribution in [0.25, 0.3) is 6.08 Å². The van der Waals surface area contributed by atoms with Gasteiger partial charge in [0, 0.05) is 13.0 Å². The SMILES string of the molecule is C/C(=C\c1ccc(O)cc1)CC[C@H]1OC[C@H]2C1=C(CO)C[C@H]1C(=O)N(C)C(=O)[C@H]12. The van der Waals surface area contributed by atoms with Gasteiger partial charge in [-0.05, 0) is 55.0 Å². The third kappa shape index (κ3) is 3.51. The van der Waals surface area contributed by atoms with Gasteiger partial charge >= 0.3 is 0 Å². The van der Waals surface area contributed by atoms with Crippen molar-refractivity contribution in [3.8, 4) is 5.75 Å². The highest BCUT2D eigenvalue weighted by atomic mass is 16.5. The molecule has 154 valence electrons. The van der Waals surface area contributed by atoms with Gasteiger partial charge in [-0.3, -0.25) is 14.5 Å². The predicted molar refractivity (Wildman–Crippen MR) is 108 cm³/mol. The van der Waals surface area contributed by atoms with Gasteiger partial charge in [0.25, 0.3) is 0 Å². The van der Waals surface area contributed by atoms with Crippen molar-refractivity contribution in [2.75, 3.05) is 20.3 Å². The van der Waals surface area contributed by atoms with E-state index in [0.717, 1.165) is 29.6 Å². The number of nitrogens with zero attached hydrogens (tertiary/aromatic N) is 1. The molecule has 1 aliphatic carbocycles. The first-order valence-corrected chi connectivity index (χ1v) is 10.1. The number of likely N-dealkylation sites (tertiary alicyclic amines) is 1. The third-order valence-electron chi connectivity index (χ3n) is 6.53. The number of phenols is 1. The first-order chi connectivity index (χ1) is 13.9. The van der Waals surface area contributed by atoms with Crippen LogP contribution in [0.5, 0.6) is 5.75 Å². The van der Waals surface area contributed by atoms with Crippen LogP contribution in [-0.4, -0.2) is 53.3 Å². The van der Waals surface area contributed by atoms with Crippen molar-refractivity contribution in [1.82, 2.24) is 4.90 Å². The first kappa shape index (κ1) is 19.9. The first-order valence-electron chi connectivity index (χ1n) is 10.1. The van der Waals surface area contributed by atoms with Crippen molar-refractivity contribution in [3.05, 3.63) is 46.5 Å². The Kier molecular flexibility index (Phi) is 5.32. The van der Waals surface area contributed by atoms with Crippen molar-refractivity contribution in [3.63, 3.8) is 0 Å². The number of rotatable bonds is 5. The van der Waals surface area contributed by atoms with Crippen LogP contribution in [0.3, 0.4) is 0 Å². The summed E-state index contributed by atoms with van der Waals surface area (Å²) in [5.74, 6) is -0.829. The highest BCUT2D eigenvalue weighted by Crippen LogP contribution is 2.49. The second-order valence-corrected chi connectivity index (χ2v) is 8.34. The average Bonchev–Trinajstić information content (AvgIpc) is 3.23. The molecule has 0 bridgehead atoms. The largest absolute Gasteiger partial charge is 0.508 e. The fourth-order valence-corrected chi connectivity index (χ4v) is 5.06. The number of phenolic OH excluding ortho intramolecular Hbond substituents is 1. The molecule has 0 aromatic heterocycles. The molecule has 2 aliphatic heterocycles. The van der Waals surface area contributed by atoms with E-state index >= 15 is 0 Å². The zero-order valence-electron chi connectivity index (χ0n) is 16.8. The molecular formula is C23H27NO5. The molecular weight excluding hydrogens is 370 g/mol. The van der Waals surface area contributed by atoms with E-state index in [1.54, 1.807) is 19.2 Å². The molecule has 0 radical (unpaired) electrons. The summed E-state index contributed by atoms with van der Waals surface area (Å²) in [5, 5.41) is 19.3. The molecule has 0 saturated carbocycles. The summed E-state index contributed by atoms with van der Waals surface area (Å²) in [5.41, 5.74) is 4.13. The summed E-state index contributed by atoms with van der Waals surface area (Å²) >= 11 is 0. The standard InChI is InChI=1S/C23H27NO5/c1-13(9-14-4-6-16(26)7-5-14)3-8-19-20-15(11-25)10-17-21(18(20)12-29-19)23(28)24(2)22(17)27/h4-7,9,17-19,21,25-26H,3,8,10-12H2,1-2H3/b13-9+/t17-,18+,19-,21-/m1/s1. The number of imide groups is 1. The molecule has 4 rings (SSSR count). The quantitative estimate of drug-likeness (QED) is 0.589. The number of carbonyl (C=O) groups excluding carboxylic acids is 2. The zero-order valence-corrected chi connectivity index (χ0v) is 16.8. The highest BCUT2D eigenvalue weighted by molar-refractivity contribution is 6.05. The molecule has 4 atom stereocenters. The Morgan fingerprint density at radius 2 is 1.93 bits per heavy atom. The van der Waals surface area contributed by atoms with Crippen LogP contribution in [0.2, 0.25) is 0 Å². The normalized spacial score (nSPS) is 29.5. The Morgan fingerprint density at radius 1 is 1.21 bits per heavy atom. The molecule has 1 aromatic rings. The van der Waals surface area contributed by atoms with Crippen LogP contribution in [0, 0.1) is 17.8 Å². The Balaban J connectivity index is 1.50. The smallest absolute Gasteiger partial charge is 0.233 e. The molecule has 0 unspecified atom stereocenters. The summed E-state index contributed by atoms with van der Waals surface area (Å²) in [7, 11) is 1.55. The van der Waals surface area contributed by atoms with Gasteiger partial charge < -0.3 is 14.9 Å². The van der Waals surface area contributed by atoms with E-state index in [1.807, 2.05) is 12.1 Å². The van der Waals surface area contributed by atoms with Crippen LogP contribution < -0.4 is 0 Å². The summed E-state index contributed by atoms with van der Waals surface area (Å²) in [6.45, 7) is 2.40. The van der Waals surface area contributed by atoms with Gasteiger partial charge in [0.05, 0.1) is 31.2 Å². The fraction of sp³-hybridized carbons (Fsp3) is 0.478. The van der Waals surface area contributed by atoms with Gasteiger partial charge in [0.15, 0.2) is 0 Å². The third-order valence-corrected chi connectivity index (χ3v) is 6.53. The lowest BCUT2D eigenvalue weighted by molar-refractivity contribution is -0.138. The van der Waals surface area contributed by atoms with E-state index in [1.165, 1.54) is 10.5 Å². The van der Waals surface area contributed by atoms with Gasteiger partial charge in [0.2, 0.25) is 11.8 Å². The number of ether oxygens (including phenoxy) is 1. The molecule has 3 aliphatic rings. The van der Waals surface area contributed by atoms with Gasteiger partial charge in [-0.15, -0.1) is 0 Å². The molecule has 29 heavy (non-hydrogen) atoms. The molecule has 1 aromatic carbocycles. The number of aromatic hydroxyl groups is 1. The Bertz CT molecular complexity index is 885. The molecule has 2 fully saturated rings. The van der Waals surface area contributed by atoms with E-state index in [0.29, 0.717) is 13.0 Å². The van der Waals surface area contributed by atoms with Crippen molar-refractivity contribution in [2.45, 2.75) is 32.3 Å². The van der Waals surface area contributed by atoms with Crippen LogP contribution >= 0.6 is 0 Å². The van der Waals surface area contributed by atoms with E-state index in [2.05, 4.69) is 13.0 Å². The van der Waals surface area contributed by atoms with Crippen molar-refractivity contribution in [2.24, 2.45) is 17.8 Å². The summed E-state index contributed by atoms with van der Waals surface area (Å²) in [6, 6.07) is 7.07. The lowest BCUT2D eigenvalue weighted by Gasteiger charge is -2.31. The predicted octanol–water partition coefficient (Wildman–Crippen LogP) is 2.51. The number of hydrogen-bond acceptors (Lipinski definition) is 5. The number of aliphatic hydroxyl groups excluding tert-OH is 1. The lowest BCUT2D eigenvalue weighted by Crippen LogP contribution is -2.34. The Morgan fingerprint density at radius 3 is 2.62 bits per heavy atom. The second-order valence-electron chi connectivity index (χ2n) is 8.34. The molecule has 2 amide bonds. The van der Waals surface area contributed by atoms with Gasteiger partial charge in [-0.1, -0.05) is 23.8 Å². The summed E-state index contributed by atoms with van der Waals surface area (Å²) in [4.78, 5) is 26.3. The van der Waals surface area contributed by atoms with Gasteiger partial charge in [-0.25, -0.2) is 0 Å². The van der Waals surface area contributed by atoms with Gasteiger partial charge in [-0.2, -0.15) is 0 Å². The zero-order chi connectivity index (χ0) is 20.7. The van der Waals surface area contributed by atoms with Gasteiger partial charge in [0.1, 0.15) is 5.75 Å². The minimum Gasteiger partial charge on any atom is -0.508 e. The molecule has 2 saturated heterocycles. The van der Waals surface area contributed by atoms with E-state index in [9.17, 15) is 19.8 Å². The molecule has 2 N–H and O–H groups in total. The minimum absolute atomic E-state index is 0.0948. The van der Waals surface area contributed by atoms with E-state index < -0.39 is 0 Å².